The van der Waals surface area contributed by atoms with Crippen LogP contribution < -0.4 is 0 Å². The SMILES string of the molecule is O.O.O=S(=O)(O)O.O=S(=O)(O)O.[Ca+2].[Ca+2].[Cr].[Cr].[H-].[H-].[H-].[H-]. The molecule has 0 aliphatic carbocycles. The number of hydrogen-bond donors (Lipinski definition) is 4. The molecule has 0 saturated carbocycles. The van der Waals surface area contributed by atoms with Crippen molar-refractivity contribution in [2.24, 2.45) is 0 Å². The summed E-state index contributed by atoms with van der Waals surface area (Å²) in [4.78, 5) is 0. The third-order valence-corrected chi connectivity index (χ3v) is 0. The van der Waals surface area contributed by atoms with Crippen LogP contribution in [0.1, 0.15) is 5.71 Å². The van der Waals surface area contributed by atoms with Crippen LogP contribution in [-0.4, -0.2) is 121 Å². The minimum Gasteiger partial charge on any atom is -1.00 e. The van der Waals surface area contributed by atoms with Gasteiger partial charge in [-0.25, -0.2) is 0 Å². The Bertz CT molecular complexity index is 236. The molecule has 0 aromatic rings. The van der Waals surface area contributed by atoms with Gasteiger partial charge in [-0.05, 0) is 0 Å². The summed E-state index contributed by atoms with van der Waals surface area (Å²) in [7, 11) is -9.33. The van der Waals surface area contributed by atoms with E-state index in [0.717, 1.165) is 0 Å². The van der Waals surface area contributed by atoms with E-state index < -0.39 is 20.8 Å². The molecular weight excluding hydrogens is 408 g/mol. The van der Waals surface area contributed by atoms with Gasteiger partial charge in [-0.15, -0.1) is 0 Å². The Morgan fingerprint density at radius 1 is 0.625 bits per heavy atom. The molecule has 0 radical (unpaired) electrons. The third-order valence-electron chi connectivity index (χ3n) is 0. The summed E-state index contributed by atoms with van der Waals surface area (Å²) in [5.41, 5.74) is 0. The zero-order valence-electron chi connectivity index (χ0n) is 11.5. The molecule has 0 saturated heterocycles. The topological polar surface area (TPSA) is 212 Å². The molecule has 0 atom stereocenters. The van der Waals surface area contributed by atoms with Crippen molar-refractivity contribution in [1.82, 2.24) is 0 Å². The molecule has 0 fully saturated rings. The van der Waals surface area contributed by atoms with Crippen molar-refractivity contribution in [1.29, 1.82) is 0 Å². The van der Waals surface area contributed by atoms with Crippen LogP contribution in [0.25, 0.3) is 0 Å². The quantitative estimate of drug-likeness (QED) is 0.230. The molecule has 0 aromatic heterocycles. The monoisotopic (exact) mass is 420 g/mol. The largest absolute Gasteiger partial charge is 2.00 e. The van der Waals surface area contributed by atoms with E-state index in [2.05, 4.69) is 0 Å². The molecule has 16 heavy (non-hydrogen) atoms. The Morgan fingerprint density at radius 2 is 0.625 bits per heavy atom. The van der Waals surface area contributed by atoms with Crippen molar-refractivity contribution in [3.8, 4) is 0 Å². The van der Waals surface area contributed by atoms with Gasteiger partial charge in [0.25, 0.3) is 0 Å². The zero-order chi connectivity index (χ0) is 9.00. The second-order valence-corrected chi connectivity index (χ2v) is 2.69. The van der Waals surface area contributed by atoms with Crippen molar-refractivity contribution in [3.63, 3.8) is 0 Å². The van der Waals surface area contributed by atoms with Crippen molar-refractivity contribution < 1.29 is 86.4 Å². The Balaban J connectivity index is -0.00000000427. The van der Waals surface area contributed by atoms with E-state index in [0.29, 0.717) is 0 Å². The first-order valence-corrected chi connectivity index (χ1v) is 4.19. The Hall–Kier alpha value is 3.24. The summed E-state index contributed by atoms with van der Waals surface area (Å²) in [5, 5.41) is 0. The van der Waals surface area contributed by atoms with E-state index in [1.807, 2.05) is 0 Å². The first-order valence-electron chi connectivity index (χ1n) is 1.40. The first-order chi connectivity index (χ1) is 4.00. The molecule has 0 unspecified atom stereocenters. The van der Waals surface area contributed by atoms with Crippen LogP contribution in [0, 0.1) is 0 Å². The molecule has 0 rings (SSSR count). The Morgan fingerprint density at radius 3 is 0.625 bits per heavy atom. The van der Waals surface area contributed by atoms with Crippen LogP contribution in [0.4, 0.5) is 0 Å². The van der Waals surface area contributed by atoms with Gasteiger partial charge in [0.2, 0.25) is 0 Å². The van der Waals surface area contributed by atoms with E-state index in [1.165, 1.54) is 0 Å². The van der Waals surface area contributed by atoms with Crippen molar-refractivity contribution in [2.75, 3.05) is 0 Å². The van der Waals surface area contributed by atoms with Crippen LogP contribution in [0.15, 0.2) is 0 Å². The van der Waals surface area contributed by atoms with Gasteiger partial charge < -0.3 is 16.7 Å². The molecule has 16 heteroatoms. The predicted octanol–water partition coefficient (Wildman–Crippen LogP) is -3.27. The first kappa shape index (κ1) is 50.7. The van der Waals surface area contributed by atoms with E-state index in [1.54, 1.807) is 0 Å². The van der Waals surface area contributed by atoms with Gasteiger partial charge in [-0.2, -0.15) is 16.8 Å². The summed E-state index contributed by atoms with van der Waals surface area (Å²) < 4.78 is 63.2. The van der Waals surface area contributed by atoms with Crippen LogP contribution >= 0.6 is 0 Å². The fraction of sp³-hybridized carbons (Fsp3) is 0. The Labute approximate surface area is 180 Å². The maximum Gasteiger partial charge on any atom is 2.00 e. The summed E-state index contributed by atoms with van der Waals surface area (Å²) >= 11 is 0. The van der Waals surface area contributed by atoms with Gasteiger partial charge in [-0.3, -0.25) is 18.2 Å². The molecule has 0 bridgehead atoms. The Kier molecular flexibility index (Phi) is 73.9. The molecule has 8 N–H and O–H groups in total. The smallest absolute Gasteiger partial charge is 1.00 e. The number of rotatable bonds is 0. The molecule has 0 aliphatic heterocycles. The molecule has 0 spiro atoms. The van der Waals surface area contributed by atoms with Crippen LogP contribution in [0.3, 0.4) is 0 Å². The fourth-order valence-corrected chi connectivity index (χ4v) is 0. The summed E-state index contributed by atoms with van der Waals surface area (Å²) in [6, 6.07) is 0. The second-order valence-electron chi connectivity index (χ2n) is 0.896. The normalized spacial score (nSPS) is 7.25. The van der Waals surface area contributed by atoms with Crippen molar-refractivity contribution >= 4 is 96.3 Å². The minimum atomic E-state index is -4.67. The van der Waals surface area contributed by atoms with Crippen LogP contribution in [-0.2, 0) is 55.5 Å². The summed E-state index contributed by atoms with van der Waals surface area (Å²) in [5.74, 6) is 0. The molecule has 0 amide bonds. The van der Waals surface area contributed by atoms with Crippen molar-refractivity contribution in [2.45, 2.75) is 0 Å². The van der Waals surface area contributed by atoms with Gasteiger partial charge in [0.15, 0.2) is 0 Å². The fourth-order valence-electron chi connectivity index (χ4n) is 0. The van der Waals surface area contributed by atoms with E-state index >= 15 is 0 Å². The van der Waals surface area contributed by atoms with Gasteiger partial charge in [0, 0.05) is 34.7 Å². The molecular formula is H12Ca2Cr2O10S2. The minimum absolute atomic E-state index is 0. The zero-order valence-corrected chi connectivity index (χ0v) is 16.1. The average Bonchev–Trinajstić information content (AvgIpc) is 1.12. The average molecular weight is 420 g/mol. The molecule has 0 heterocycles. The predicted molar refractivity (Wildman–Crippen MR) is 51.5 cm³/mol. The van der Waals surface area contributed by atoms with Crippen LogP contribution in [0.5, 0.6) is 0 Å². The van der Waals surface area contributed by atoms with Crippen molar-refractivity contribution in [3.05, 3.63) is 0 Å². The van der Waals surface area contributed by atoms with Gasteiger partial charge in [-0.1, -0.05) is 0 Å². The third kappa shape index (κ3) is 432. The number of hydrogen-bond acceptors (Lipinski definition) is 4. The van der Waals surface area contributed by atoms with Gasteiger partial charge in [0.05, 0.1) is 0 Å². The molecule has 0 aliphatic rings. The van der Waals surface area contributed by atoms with E-state index in [9.17, 15) is 0 Å². The molecule has 10 nitrogen and oxygen atoms in total. The molecule has 100 valence electrons. The van der Waals surface area contributed by atoms with Gasteiger partial charge >= 0.3 is 96.3 Å². The maximum atomic E-state index is 8.74. The van der Waals surface area contributed by atoms with E-state index in [4.69, 9.17) is 35.0 Å². The molecule has 0 aromatic carbocycles. The second kappa shape index (κ2) is 23.3. The summed E-state index contributed by atoms with van der Waals surface area (Å²) in [6.07, 6.45) is 0. The van der Waals surface area contributed by atoms with Gasteiger partial charge in [0.1, 0.15) is 0 Å². The maximum absolute atomic E-state index is 8.74. The standard InChI is InChI=1S/2Ca.2Cr.2H2O4S.2H2O.4H/c;;;;2*1-5(2,3)4;;;;;;/h;;;;2*(H2,1,2,3,4);2*1H2;;;;/q2*+2;;;;;;;4*-1. The summed E-state index contributed by atoms with van der Waals surface area (Å²) in [6.45, 7) is 0. The van der Waals surface area contributed by atoms with E-state index in [-0.39, 0.29) is 127 Å². The van der Waals surface area contributed by atoms with Crippen LogP contribution in [0.2, 0.25) is 0 Å².